The summed E-state index contributed by atoms with van der Waals surface area (Å²) in [4.78, 5) is 16.4. The van der Waals surface area contributed by atoms with E-state index in [9.17, 15) is 9.00 Å². The average molecular weight is 348 g/mol. The summed E-state index contributed by atoms with van der Waals surface area (Å²) in [5, 5.41) is 2.23. The van der Waals surface area contributed by atoms with Crippen LogP contribution >= 0.6 is 0 Å². The van der Waals surface area contributed by atoms with Crippen molar-refractivity contribution < 1.29 is 13.4 Å². The van der Waals surface area contributed by atoms with Gasteiger partial charge in [0.25, 0.3) is 0 Å². The van der Waals surface area contributed by atoms with Crippen molar-refractivity contribution >= 4 is 16.7 Å². The van der Waals surface area contributed by atoms with Crippen LogP contribution in [-0.2, 0) is 21.3 Å². The van der Waals surface area contributed by atoms with Crippen molar-refractivity contribution in [1.82, 2.24) is 10.3 Å². The van der Waals surface area contributed by atoms with Crippen LogP contribution in [0, 0.1) is 12.8 Å². The zero-order valence-corrected chi connectivity index (χ0v) is 15.4. The molecule has 2 unspecified atom stereocenters. The van der Waals surface area contributed by atoms with Crippen LogP contribution in [0.4, 0.5) is 0 Å². The number of carbonyl (C=O) groups excluding carboxylic acids is 1. The van der Waals surface area contributed by atoms with Gasteiger partial charge in [-0.15, -0.1) is 0 Å². The smallest absolute Gasteiger partial charge is 0.235 e. The quantitative estimate of drug-likeness (QED) is 0.835. The number of oxazole rings is 1. The maximum absolute atomic E-state index is 12.4. The fraction of sp³-hybridized carbons (Fsp3) is 0.444. The average Bonchev–Trinajstić information content (AvgIpc) is 3.00. The van der Waals surface area contributed by atoms with Crippen LogP contribution in [0.5, 0.6) is 0 Å². The first kappa shape index (κ1) is 18.4. The Bertz CT molecular complexity index is 707. The minimum absolute atomic E-state index is 0.190. The minimum atomic E-state index is -1.34. The maximum atomic E-state index is 12.4. The second-order valence-electron chi connectivity index (χ2n) is 6.32. The molecular formula is C18H24N2O3S. The molecule has 0 bridgehead atoms. The molecule has 6 heteroatoms. The highest BCUT2D eigenvalue weighted by Crippen LogP contribution is 2.20. The second-order valence-corrected chi connectivity index (χ2v) is 8.07. The van der Waals surface area contributed by atoms with E-state index in [2.05, 4.69) is 10.3 Å². The Kier molecular flexibility index (Phi) is 6.31. The molecule has 2 atom stereocenters. The summed E-state index contributed by atoms with van der Waals surface area (Å²) in [6.45, 7) is 8.31. The zero-order valence-electron chi connectivity index (χ0n) is 14.5. The lowest BCUT2D eigenvalue weighted by Crippen LogP contribution is -2.37. The third-order valence-corrected chi connectivity index (χ3v) is 5.17. The normalized spacial score (nSPS) is 13.7. The van der Waals surface area contributed by atoms with Gasteiger partial charge in [-0.25, -0.2) is 4.98 Å². The van der Waals surface area contributed by atoms with Gasteiger partial charge >= 0.3 is 0 Å². The van der Waals surface area contributed by atoms with Crippen molar-refractivity contribution in [2.45, 2.75) is 38.7 Å². The minimum Gasteiger partial charge on any atom is -0.444 e. The number of rotatable bonds is 7. The number of nitrogens with zero attached hydrogens (tertiary/aromatic N) is 1. The first-order valence-corrected chi connectivity index (χ1v) is 9.41. The molecule has 0 spiro atoms. The van der Waals surface area contributed by atoms with Gasteiger partial charge in [0.1, 0.15) is 11.5 Å². The number of benzene rings is 1. The first-order chi connectivity index (χ1) is 11.4. The number of aromatic nitrogens is 1. The highest BCUT2D eigenvalue weighted by Gasteiger charge is 2.21. The fourth-order valence-electron chi connectivity index (χ4n) is 2.04. The molecule has 1 aromatic heterocycles. The lowest BCUT2D eigenvalue weighted by molar-refractivity contribution is -0.120. The van der Waals surface area contributed by atoms with Crippen LogP contribution in [0.25, 0.3) is 11.5 Å². The molecule has 0 saturated carbocycles. The predicted octanol–water partition coefficient (Wildman–Crippen LogP) is 3.06. The van der Waals surface area contributed by atoms with Crippen molar-refractivity contribution in [2.75, 3.05) is 6.54 Å². The number of hydrogen-bond acceptors (Lipinski definition) is 4. The van der Waals surface area contributed by atoms with E-state index in [0.29, 0.717) is 24.0 Å². The largest absolute Gasteiger partial charge is 0.444 e. The molecule has 0 aliphatic heterocycles. The monoisotopic (exact) mass is 348 g/mol. The Labute approximate surface area is 145 Å². The molecule has 1 aromatic carbocycles. The van der Waals surface area contributed by atoms with Crippen LogP contribution < -0.4 is 5.32 Å². The van der Waals surface area contributed by atoms with Gasteiger partial charge in [-0.2, -0.15) is 0 Å². The molecular weight excluding hydrogens is 324 g/mol. The zero-order chi connectivity index (χ0) is 17.7. The van der Waals surface area contributed by atoms with Gasteiger partial charge in [0.15, 0.2) is 0 Å². The third-order valence-electron chi connectivity index (χ3n) is 3.59. The molecule has 2 aromatic rings. The number of amides is 1. The van der Waals surface area contributed by atoms with Gasteiger partial charge in [0.05, 0.1) is 11.4 Å². The van der Waals surface area contributed by atoms with Gasteiger partial charge in [-0.05, 0) is 31.9 Å². The molecule has 0 aliphatic rings. The number of aryl methyl sites for hydroxylation is 1. The van der Waals surface area contributed by atoms with E-state index >= 15 is 0 Å². The van der Waals surface area contributed by atoms with E-state index < -0.39 is 16.0 Å². The SMILES string of the molecule is Cc1ccc(-c2nc(CS(=O)C(C)C(=O)NCC(C)C)co2)cc1. The Balaban J connectivity index is 1.97. The summed E-state index contributed by atoms with van der Waals surface area (Å²) in [5.41, 5.74) is 2.63. The van der Waals surface area contributed by atoms with Crippen molar-refractivity contribution in [3.63, 3.8) is 0 Å². The first-order valence-electron chi connectivity index (χ1n) is 8.03. The number of hydrogen-bond donors (Lipinski definition) is 1. The predicted molar refractivity (Wildman–Crippen MR) is 95.8 cm³/mol. The van der Waals surface area contributed by atoms with E-state index in [-0.39, 0.29) is 11.7 Å². The molecule has 130 valence electrons. The van der Waals surface area contributed by atoms with E-state index in [1.165, 1.54) is 6.26 Å². The topological polar surface area (TPSA) is 72.2 Å². The molecule has 0 radical (unpaired) electrons. The van der Waals surface area contributed by atoms with Gasteiger partial charge in [-0.3, -0.25) is 9.00 Å². The molecule has 24 heavy (non-hydrogen) atoms. The second kappa shape index (κ2) is 8.24. The van der Waals surface area contributed by atoms with Crippen LogP contribution in [0.15, 0.2) is 34.9 Å². The van der Waals surface area contributed by atoms with E-state index in [4.69, 9.17) is 4.42 Å². The highest BCUT2D eigenvalue weighted by molar-refractivity contribution is 7.85. The van der Waals surface area contributed by atoms with E-state index in [1.54, 1.807) is 6.92 Å². The molecule has 1 heterocycles. The Morgan fingerprint density at radius 1 is 1.25 bits per heavy atom. The Morgan fingerprint density at radius 2 is 1.92 bits per heavy atom. The Morgan fingerprint density at radius 3 is 2.54 bits per heavy atom. The molecule has 1 N–H and O–H groups in total. The molecule has 0 fully saturated rings. The van der Waals surface area contributed by atoms with Crippen LogP contribution in [0.2, 0.25) is 0 Å². The lowest BCUT2D eigenvalue weighted by Gasteiger charge is -2.12. The van der Waals surface area contributed by atoms with Crippen LogP contribution in [0.1, 0.15) is 32.0 Å². The number of nitrogens with one attached hydrogen (secondary N) is 1. The standard InChI is InChI=1S/C18H24N2O3S/c1-12(2)9-19-17(21)14(4)24(22)11-16-10-23-18(20-16)15-7-5-13(3)6-8-15/h5-8,10,12,14H,9,11H2,1-4H3,(H,19,21). The third kappa shape index (κ3) is 5.03. The maximum Gasteiger partial charge on any atom is 0.235 e. The lowest BCUT2D eigenvalue weighted by atomic mass is 10.1. The number of carbonyl (C=O) groups is 1. The van der Waals surface area contributed by atoms with Gasteiger partial charge in [0.2, 0.25) is 11.8 Å². The fourth-order valence-corrected chi connectivity index (χ4v) is 3.04. The summed E-state index contributed by atoms with van der Waals surface area (Å²) in [6.07, 6.45) is 1.51. The summed E-state index contributed by atoms with van der Waals surface area (Å²) >= 11 is 0. The van der Waals surface area contributed by atoms with Crippen LogP contribution in [-0.4, -0.2) is 26.9 Å². The van der Waals surface area contributed by atoms with Gasteiger partial charge in [-0.1, -0.05) is 31.5 Å². The van der Waals surface area contributed by atoms with Crippen molar-refractivity contribution in [2.24, 2.45) is 5.92 Å². The van der Waals surface area contributed by atoms with Crippen molar-refractivity contribution in [3.05, 3.63) is 41.8 Å². The highest BCUT2D eigenvalue weighted by atomic mass is 32.2. The van der Waals surface area contributed by atoms with Gasteiger partial charge < -0.3 is 9.73 Å². The van der Waals surface area contributed by atoms with Crippen LogP contribution in [0.3, 0.4) is 0 Å². The summed E-state index contributed by atoms with van der Waals surface area (Å²) < 4.78 is 17.8. The Hall–Kier alpha value is -1.95. The summed E-state index contributed by atoms with van der Waals surface area (Å²) in [6, 6.07) is 7.84. The molecule has 0 saturated heterocycles. The van der Waals surface area contributed by atoms with E-state index in [0.717, 1.165) is 11.1 Å². The molecule has 5 nitrogen and oxygen atoms in total. The van der Waals surface area contributed by atoms with Crippen molar-refractivity contribution in [3.8, 4) is 11.5 Å². The van der Waals surface area contributed by atoms with Gasteiger partial charge in [0, 0.05) is 22.9 Å². The summed E-state index contributed by atoms with van der Waals surface area (Å²) in [5.74, 6) is 0.872. The molecule has 1 amide bonds. The van der Waals surface area contributed by atoms with Crippen molar-refractivity contribution in [1.29, 1.82) is 0 Å². The van der Waals surface area contributed by atoms with E-state index in [1.807, 2.05) is 45.0 Å². The summed E-state index contributed by atoms with van der Waals surface area (Å²) in [7, 11) is -1.34. The molecule has 2 rings (SSSR count). The molecule has 0 aliphatic carbocycles.